The SMILES string of the molecule is O=C(O)C1(NC2CC2)CCC(n2cnc(I)c2I)C1. The Labute approximate surface area is 138 Å². The van der Waals surface area contributed by atoms with Crippen molar-refractivity contribution >= 4 is 51.2 Å². The van der Waals surface area contributed by atoms with E-state index in [1.807, 2.05) is 6.33 Å². The van der Waals surface area contributed by atoms with E-state index in [1.54, 1.807) is 0 Å². The molecular weight excluding hydrogens is 472 g/mol. The van der Waals surface area contributed by atoms with E-state index < -0.39 is 11.5 Å². The van der Waals surface area contributed by atoms with E-state index in [1.165, 1.54) is 0 Å². The molecule has 2 unspecified atom stereocenters. The predicted molar refractivity (Wildman–Crippen MR) is 87.1 cm³/mol. The third kappa shape index (κ3) is 2.65. The van der Waals surface area contributed by atoms with Crippen LogP contribution in [0.15, 0.2) is 6.33 Å². The first kappa shape index (κ1) is 14.1. The number of halogens is 2. The van der Waals surface area contributed by atoms with Gasteiger partial charge in [0.05, 0.1) is 6.33 Å². The number of carboxylic acids is 1. The molecule has 2 N–H and O–H groups in total. The minimum absolute atomic E-state index is 0.241. The zero-order chi connectivity index (χ0) is 13.6. The summed E-state index contributed by atoms with van der Waals surface area (Å²) < 4.78 is 4.22. The first-order valence-corrected chi connectivity index (χ1v) is 8.56. The van der Waals surface area contributed by atoms with Crippen LogP contribution in [0.1, 0.15) is 38.1 Å². The highest BCUT2D eigenvalue weighted by atomic mass is 127. The molecule has 2 saturated carbocycles. The molecule has 1 heterocycles. The van der Waals surface area contributed by atoms with E-state index in [4.69, 9.17) is 0 Å². The van der Waals surface area contributed by atoms with E-state index in [0.29, 0.717) is 18.9 Å². The van der Waals surface area contributed by atoms with Gasteiger partial charge in [0.25, 0.3) is 0 Å². The van der Waals surface area contributed by atoms with Crippen LogP contribution in [0.5, 0.6) is 0 Å². The number of aromatic nitrogens is 2. The average Bonchev–Trinajstić information content (AvgIpc) is 2.97. The average molecular weight is 487 g/mol. The molecule has 0 amide bonds. The van der Waals surface area contributed by atoms with Crippen molar-refractivity contribution in [3.05, 3.63) is 13.7 Å². The van der Waals surface area contributed by atoms with Gasteiger partial charge in [0, 0.05) is 12.1 Å². The number of nitrogens with one attached hydrogen (secondary N) is 1. The smallest absolute Gasteiger partial charge is 0.323 e. The Morgan fingerprint density at radius 1 is 1.47 bits per heavy atom. The number of hydrogen-bond donors (Lipinski definition) is 2. The van der Waals surface area contributed by atoms with E-state index in [9.17, 15) is 9.90 Å². The molecule has 2 aliphatic carbocycles. The summed E-state index contributed by atoms with van der Waals surface area (Å²) in [5.74, 6) is -0.702. The second kappa shape index (κ2) is 5.14. The molecule has 0 aliphatic heterocycles. The molecule has 0 aromatic carbocycles. The molecule has 2 fully saturated rings. The van der Waals surface area contributed by atoms with E-state index in [2.05, 4.69) is 60.0 Å². The summed E-state index contributed by atoms with van der Waals surface area (Å²) in [7, 11) is 0. The maximum Gasteiger partial charge on any atom is 0.323 e. The van der Waals surface area contributed by atoms with Crippen LogP contribution in [0, 0.1) is 7.40 Å². The third-order valence-electron chi connectivity index (χ3n) is 4.04. The van der Waals surface area contributed by atoms with Crippen molar-refractivity contribution in [2.75, 3.05) is 0 Å². The highest BCUT2D eigenvalue weighted by Crippen LogP contribution is 2.41. The van der Waals surface area contributed by atoms with Crippen LogP contribution in [0.25, 0.3) is 0 Å². The van der Waals surface area contributed by atoms with Crippen LogP contribution in [0.3, 0.4) is 0 Å². The van der Waals surface area contributed by atoms with Gasteiger partial charge in [0.2, 0.25) is 0 Å². The van der Waals surface area contributed by atoms with Crippen molar-refractivity contribution in [2.24, 2.45) is 0 Å². The minimum Gasteiger partial charge on any atom is -0.480 e. The summed E-state index contributed by atoms with van der Waals surface area (Å²) in [5, 5.41) is 12.9. The molecule has 104 valence electrons. The van der Waals surface area contributed by atoms with Crippen LogP contribution < -0.4 is 5.32 Å². The summed E-state index contributed by atoms with van der Waals surface area (Å²) in [6, 6.07) is 0.655. The zero-order valence-electron chi connectivity index (χ0n) is 10.3. The van der Waals surface area contributed by atoms with Crippen LogP contribution in [-0.2, 0) is 4.79 Å². The Morgan fingerprint density at radius 3 is 2.74 bits per heavy atom. The highest BCUT2D eigenvalue weighted by molar-refractivity contribution is 14.1. The predicted octanol–water partition coefficient (Wildman–Crippen LogP) is 2.39. The summed E-state index contributed by atoms with van der Waals surface area (Å²) in [6.07, 6.45) is 6.31. The molecular formula is C12H15I2N3O2. The number of aliphatic carboxylic acids is 1. The Hall–Kier alpha value is 0.100. The normalized spacial score (nSPS) is 30.7. The van der Waals surface area contributed by atoms with E-state index >= 15 is 0 Å². The zero-order valence-corrected chi connectivity index (χ0v) is 14.6. The van der Waals surface area contributed by atoms with Crippen LogP contribution in [0.4, 0.5) is 0 Å². The maximum atomic E-state index is 11.7. The van der Waals surface area contributed by atoms with E-state index in [0.717, 1.165) is 26.7 Å². The largest absolute Gasteiger partial charge is 0.480 e. The summed E-state index contributed by atoms with van der Waals surface area (Å²) in [6.45, 7) is 0. The molecule has 5 nitrogen and oxygen atoms in total. The van der Waals surface area contributed by atoms with Gasteiger partial charge in [0.15, 0.2) is 0 Å². The molecule has 19 heavy (non-hydrogen) atoms. The van der Waals surface area contributed by atoms with Gasteiger partial charge in [-0.05, 0) is 77.3 Å². The molecule has 3 rings (SSSR count). The molecule has 0 radical (unpaired) electrons. The van der Waals surface area contributed by atoms with E-state index in [-0.39, 0.29) is 6.04 Å². The Bertz CT molecular complexity index is 515. The number of hydrogen-bond acceptors (Lipinski definition) is 3. The van der Waals surface area contributed by atoms with Crippen LogP contribution in [0.2, 0.25) is 0 Å². The quantitative estimate of drug-likeness (QED) is 0.641. The minimum atomic E-state index is -0.732. The summed E-state index contributed by atoms with van der Waals surface area (Å²) in [5.41, 5.74) is -0.732. The summed E-state index contributed by atoms with van der Waals surface area (Å²) in [4.78, 5) is 16.0. The number of imidazole rings is 1. The lowest BCUT2D eigenvalue weighted by molar-refractivity contribution is -0.144. The van der Waals surface area contributed by atoms with Crippen molar-refractivity contribution in [2.45, 2.75) is 49.7 Å². The van der Waals surface area contributed by atoms with Gasteiger partial charge in [0.1, 0.15) is 12.9 Å². The fraction of sp³-hybridized carbons (Fsp3) is 0.667. The molecule has 0 saturated heterocycles. The highest BCUT2D eigenvalue weighted by Gasteiger charge is 2.48. The number of carboxylic acid groups (broad SMARTS) is 1. The second-order valence-electron chi connectivity index (χ2n) is 5.44. The lowest BCUT2D eigenvalue weighted by Gasteiger charge is -2.26. The molecule has 7 heteroatoms. The van der Waals surface area contributed by atoms with Crippen molar-refractivity contribution in [3.8, 4) is 0 Å². The van der Waals surface area contributed by atoms with Gasteiger partial charge >= 0.3 is 5.97 Å². The van der Waals surface area contributed by atoms with Crippen molar-refractivity contribution in [1.82, 2.24) is 14.9 Å². The fourth-order valence-electron chi connectivity index (χ4n) is 2.84. The lowest BCUT2D eigenvalue weighted by Crippen LogP contribution is -2.51. The van der Waals surface area contributed by atoms with Crippen molar-refractivity contribution in [1.29, 1.82) is 0 Å². The van der Waals surface area contributed by atoms with Crippen molar-refractivity contribution in [3.63, 3.8) is 0 Å². The van der Waals surface area contributed by atoms with Gasteiger partial charge in [-0.15, -0.1) is 0 Å². The Morgan fingerprint density at radius 2 is 2.21 bits per heavy atom. The molecule has 2 aliphatic rings. The Kier molecular flexibility index (Phi) is 3.80. The monoisotopic (exact) mass is 487 g/mol. The van der Waals surface area contributed by atoms with Gasteiger partial charge in [-0.1, -0.05) is 0 Å². The van der Waals surface area contributed by atoms with Crippen LogP contribution >= 0.6 is 45.2 Å². The molecule has 2 atom stereocenters. The molecule has 1 aromatic heterocycles. The van der Waals surface area contributed by atoms with Crippen LogP contribution in [-0.4, -0.2) is 32.2 Å². The first-order chi connectivity index (χ1) is 9.02. The first-order valence-electron chi connectivity index (χ1n) is 6.41. The van der Waals surface area contributed by atoms with Crippen molar-refractivity contribution < 1.29 is 9.90 Å². The molecule has 0 bridgehead atoms. The molecule has 1 aromatic rings. The standard InChI is InChI=1S/C12H15I2N3O2/c13-9-10(14)17(6-15-9)8-3-4-12(5-8,11(18)19)16-7-1-2-7/h6-8,16H,1-5H2,(H,18,19). The number of carbonyl (C=O) groups is 1. The van der Waals surface area contributed by atoms with Gasteiger partial charge < -0.3 is 9.67 Å². The van der Waals surface area contributed by atoms with Gasteiger partial charge in [-0.3, -0.25) is 10.1 Å². The number of rotatable bonds is 4. The second-order valence-corrected chi connectivity index (χ2v) is 7.48. The topological polar surface area (TPSA) is 67.2 Å². The lowest BCUT2D eigenvalue weighted by atomic mass is 9.97. The Balaban J connectivity index is 1.80. The van der Waals surface area contributed by atoms with Gasteiger partial charge in [-0.2, -0.15) is 0 Å². The third-order valence-corrected chi connectivity index (χ3v) is 6.93. The fourth-order valence-corrected chi connectivity index (χ4v) is 3.90. The molecule has 0 spiro atoms. The number of nitrogens with zero attached hydrogens (tertiary/aromatic N) is 2. The summed E-state index contributed by atoms with van der Waals surface area (Å²) >= 11 is 4.49. The maximum absolute atomic E-state index is 11.7. The van der Waals surface area contributed by atoms with Gasteiger partial charge in [-0.25, -0.2) is 4.98 Å².